The zero-order chi connectivity index (χ0) is 22.8. The molecule has 1 aliphatic heterocycles. The number of esters is 1. The summed E-state index contributed by atoms with van der Waals surface area (Å²) in [7, 11) is 1.60. The minimum Gasteiger partial charge on any atom is -0.508 e. The Morgan fingerprint density at radius 3 is 2.50 bits per heavy atom. The molecule has 8 heteroatoms. The third-order valence-electron chi connectivity index (χ3n) is 5.14. The molecule has 7 nitrogen and oxygen atoms in total. The molecule has 2 aromatic carbocycles. The molecule has 1 unspecified atom stereocenters. The molecule has 1 aliphatic rings. The average molecular weight is 451 g/mol. The number of carbonyl (C=O) groups is 1. The van der Waals surface area contributed by atoms with E-state index < -0.39 is 12.0 Å². The monoisotopic (exact) mass is 450 g/mol. The SMILES string of the molecule is CCOC(=O)C1=C(C)N=c2s/c(=C\c3ccc(OC)cc3)c(=O)n2C1c1ccc(O)cc1. The molecule has 0 saturated heterocycles. The van der Waals surface area contributed by atoms with Gasteiger partial charge in [0, 0.05) is 0 Å². The van der Waals surface area contributed by atoms with Gasteiger partial charge in [-0.15, -0.1) is 0 Å². The molecule has 0 spiro atoms. The number of nitrogens with zero attached hydrogens (tertiary/aromatic N) is 2. The Labute approximate surface area is 188 Å². The number of methoxy groups -OCH3 is 1. The van der Waals surface area contributed by atoms with Crippen molar-refractivity contribution in [2.45, 2.75) is 19.9 Å². The van der Waals surface area contributed by atoms with Crippen LogP contribution in [0.25, 0.3) is 6.08 Å². The lowest BCUT2D eigenvalue weighted by atomic mass is 9.96. The van der Waals surface area contributed by atoms with E-state index in [4.69, 9.17) is 9.47 Å². The Morgan fingerprint density at radius 1 is 1.19 bits per heavy atom. The van der Waals surface area contributed by atoms with Crippen LogP contribution in [0.3, 0.4) is 0 Å². The second-order valence-electron chi connectivity index (χ2n) is 7.17. The molecule has 1 aromatic heterocycles. The van der Waals surface area contributed by atoms with Crippen LogP contribution in [0.1, 0.15) is 31.0 Å². The molecule has 0 fully saturated rings. The van der Waals surface area contributed by atoms with E-state index in [1.54, 1.807) is 39.2 Å². The number of benzene rings is 2. The normalized spacial score (nSPS) is 15.8. The van der Waals surface area contributed by atoms with E-state index in [0.717, 1.165) is 11.3 Å². The molecular formula is C24H22N2O5S. The molecule has 2 heterocycles. The van der Waals surface area contributed by atoms with Crippen molar-refractivity contribution in [1.82, 2.24) is 4.57 Å². The number of fused-ring (bicyclic) bond motifs is 1. The lowest BCUT2D eigenvalue weighted by Gasteiger charge is -2.24. The highest BCUT2D eigenvalue weighted by Crippen LogP contribution is 2.31. The standard InChI is InChI=1S/C24H22N2O5S/c1-4-31-23(29)20-14(2)25-24-26(21(20)16-7-9-17(27)10-8-16)22(28)19(32-24)13-15-5-11-18(30-3)12-6-15/h5-13,21,27H,4H2,1-3H3/b19-13-. The van der Waals surface area contributed by atoms with Crippen molar-refractivity contribution in [2.24, 2.45) is 4.99 Å². The van der Waals surface area contributed by atoms with Crippen LogP contribution in [0, 0.1) is 0 Å². The second kappa shape index (κ2) is 8.84. The Kier molecular flexibility index (Phi) is 5.96. The summed E-state index contributed by atoms with van der Waals surface area (Å²) < 4.78 is 12.5. The van der Waals surface area contributed by atoms with Gasteiger partial charge in [0.2, 0.25) is 0 Å². The van der Waals surface area contributed by atoms with Crippen molar-refractivity contribution in [3.8, 4) is 11.5 Å². The molecule has 0 aliphatic carbocycles. The Morgan fingerprint density at radius 2 is 1.88 bits per heavy atom. The zero-order valence-corrected chi connectivity index (χ0v) is 18.7. The molecule has 4 rings (SSSR count). The minimum absolute atomic E-state index is 0.0963. The number of hydrogen-bond acceptors (Lipinski definition) is 7. The fourth-order valence-corrected chi connectivity index (χ4v) is 4.66. The number of allylic oxidation sites excluding steroid dienone is 1. The van der Waals surface area contributed by atoms with Gasteiger partial charge in [-0.05, 0) is 55.3 Å². The first kappa shape index (κ1) is 21.6. The number of aromatic hydroxyl groups is 1. The second-order valence-corrected chi connectivity index (χ2v) is 8.18. The Bertz CT molecular complexity index is 1370. The van der Waals surface area contributed by atoms with Gasteiger partial charge in [-0.2, -0.15) is 0 Å². The van der Waals surface area contributed by atoms with Gasteiger partial charge in [-0.1, -0.05) is 35.6 Å². The fourth-order valence-electron chi connectivity index (χ4n) is 3.62. The smallest absolute Gasteiger partial charge is 0.338 e. The van der Waals surface area contributed by atoms with Gasteiger partial charge in [0.25, 0.3) is 5.56 Å². The summed E-state index contributed by atoms with van der Waals surface area (Å²) in [4.78, 5) is 31.3. The molecule has 32 heavy (non-hydrogen) atoms. The van der Waals surface area contributed by atoms with Crippen LogP contribution in [0.15, 0.2) is 69.6 Å². The highest BCUT2D eigenvalue weighted by Gasteiger charge is 2.33. The lowest BCUT2D eigenvalue weighted by molar-refractivity contribution is -0.139. The summed E-state index contributed by atoms with van der Waals surface area (Å²) >= 11 is 1.26. The predicted octanol–water partition coefficient (Wildman–Crippen LogP) is 2.51. The highest BCUT2D eigenvalue weighted by molar-refractivity contribution is 7.07. The van der Waals surface area contributed by atoms with Crippen molar-refractivity contribution in [3.63, 3.8) is 0 Å². The van der Waals surface area contributed by atoms with Crippen molar-refractivity contribution in [1.29, 1.82) is 0 Å². The Balaban J connectivity index is 1.92. The highest BCUT2D eigenvalue weighted by atomic mass is 32.1. The molecule has 3 aromatic rings. The number of aromatic nitrogens is 1. The van der Waals surface area contributed by atoms with E-state index in [9.17, 15) is 14.7 Å². The molecule has 1 atom stereocenters. The van der Waals surface area contributed by atoms with Gasteiger partial charge in [0.1, 0.15) is 11.5 Å². The fraction of sp³-hybridized carbons (Fsp3) is 0.208. The van der Waals surface area contributed by atoms with Crippen LogP contribution >= 0.6 is 11.3 Å². The number of carbonyl (C=O) groups excluding carboxylic acids is 1. The van der Waals surface area contributed by atoms with Gasteiger partial charge in [-0.25, -0.2) is 9.79 Å². The summed E-state index contributed by atoms with van der Waals surface area (Å²) in [6.07, 6.45) is 1.79. The first-order chi connectivity index (χ1) is 15.4. The van der Waals surface area contributed by atoms with Crippen molar-refractivity contribution in [2.75, 3.05) is 13.7 Å². The molecule has 0 radical (unpaired) electrons. The van der Waals surface area contributed by atoms with Gasteiger partial charge in [-0.3, -0.25) is 9.36 Å². The maximum Gasteiger partial charge on any atom is 0.338 e. The largest absolute Gasteiger partial charge is 0.508 e. The van der Waals surface area contributed by atoms with Crippen LogP contribution in [0.4, 0.5) is 0 Å². The van der Waals surface area contributed by atoms with Crippen molar-refractivity contribution in [3.05, 3.63) is 90.6 Å². The summed E-state index contributed by atoms with van der Waals surface area (Å²) in [6.45, 7) is 3.67. The first-order valence-corrected chi connectivity index (χ1v) is 10.9. The van der Waals surface area contributed by atoms with E-state index in [1.807, 2.05) is 24.3 Å². The van der Waals surface area contributed by atoms with Gasteiger partial charge in [0.05, 0.1) is 35.6 Å². The van der Waals surface area contributed by atoms with Gasteiger partial charge in [0.15, 0.2) is 4.80 Å². The third kappa shape index (κ3) is 3.97. The van der Waals surface area contributed by atoms with E-state index >= 15 is 0 Å². The molecule has 1 N–H and O–H groups in total. The quantitative estimate of drug-likeness (QED) is 0.604. The topological polar surface area (TPSA) is 90.1 Å². The number of phenolic OH excluding ortho intramolecular Hbond substituents is 1. The maximum absolute atomic E-state index is 13.5. The lowest BCUT2D eigenvalue weighted by Crippen LogP contribution is -2.39. The minimum atomic E-state index is -0.705. The number of phenols is 1. The van der Waals surface area contributed by atoms with Gasteiger partial charge >= 0.3 is 5.97 Å². The van der Waals surface area contributed by atoms with Crippen molar-refractivity contribution < 1.29 is 19.4 Å². The van der Waals surface area contributed by atoms with Crippen LogP contribution in [-0.2, 0) is 9.53 Å². The van der Waals surface area contributed by atoms with Crippen LogP contribution < -0.4 is 19.6 Å². The van der Waals surface area contributed by atoms with E-state index in [2.05, 4.69) is 4.99 Å². The van der Waals surface area contributed by atoms with Crippen molar-refractivity contribution >= 4 is 23.4 Å². The number of hydrogen-bond donors (Lipinski definition) is 1. The van der Waals surface area contributed by atoms with E-state index in [0.29, 0.717) is 26.2 Å². The number of thiazole rings is 1. The number of ether oxygens (including phenoxy) is 2. The van der Waals surface area contributed by atoms with Crippen LogP contribution in [-0.4, -0.2) is 29.4 Å². The molecule has 0 bridgehead atoms. The first-order valence-electron chi connectivity index (χ1n) is 10.1. The predicted molar refractivity (Wildman–Crippen MR) is 121 cm³/mol. The summed E-state index contributed by atoms with van der Waals surface area (Å²) in [6, 6.07) is 13.1. The van der Waals surface area contributed by atoms with E-state index in [1.165, 1.54) is 28.0 Å². The number of rotatable bonds is 5. The van der Waals surface area contributed by atoms with E-state index in [-0.39, 0.29) is 17.9 Å². The molecule has 164 valence electrons. The maximum atomic E-state index is 13.5. The van der Waals surface area contributed by atoms with Crippen LogP contribution in [0.5, 0.6) is 11.5 Å². The van der Waals surface area contributed by atoms with Crippen LogP contribution in [0.2, 0.25) is 0 Å². The summed E-state index contributed by atoms with van der Waals surface area (Å²) in [5.41, 5.74) is 2.08. The zero-order valence-electron chi connectivity index (χ0n) is 17.9. The van der Waals surface area contributed by atoms with Gasteiger partial charge < -0.3 is 14.6 Å². The third-order valence-corrected chi connectivity index (χ3v) is 6.12. The average Bonchev–Trinajstić information content (AvgIpc) is 3.08. The molecular weight excluding hydrogens is 428 g/mol. The molecule has 0 amide bonds. The summed E-state index contributed by atoms with van der Waals surface area (Å²) in [5.74, 6) is 0.306. The molecule has 0 saturated carbocycles. The summed E-state index contributed by atoms with van der Waals surface area (Å²) in [5, 5.41) is 9.72. The Hall–Kier alpha value is -3.65.